The van der Waals surface area contributed by atoms with Crippen LogP contribution in [0.25, 0.3) is 4.85 Å². The van der Waals surface area contributed by atoms with Crippen molar-refractivity contribution in [3.05, 3.63) is 45.2 Å². The Morgan fingerprint density at radius 2 is 1.92 bits per heavy atom. The lowest BCUT2D eigenvalue weighted by Crippen LogP contribution is -1.96. The molecule has 13 heavy (non-hydrogen) atoms. The van der Waals surface area contributed by atoms with Crippen molar-refractivity contribution in [2.45, 2.75) is 0 Å². The number of benzene rings is 1. The molecule has 0 spiro atoms. The molecule has 0 bridgehead atoms. The van der Waals surface area contributed by atoms with Crippen LogP contribution in [0.15, 0.2) is 23.4 Å². The molecule has 0 aliphatic heterocycles. The smallest absolute Gasteiger partial charge is 0.324 e. The van der Waals surface area contributed by atoms with E-state index in [1.54, 1.807) is 18.2 Å². The Morgan fingerprint density at radius 3 is 2.31 bits per heavy atom. The second kappa shape index (κ2) is 4.13. The molecule has 0 aromatic heterocycles. The molecule has 0 heterocycles. The topological polar surface area (TPSA) is 37.0 Å². The summed E-state index contributed by atoms with van der Waals surface area (Å²) in [6, 6.07) is 4.78. The molecule has 1 N–H and O–H groups in total. The van der Waals surface area contributed by atoms with Crippen molar-refractivity contribution in [2.24, 2.45) is 5.16 Å². The van der Waals surface area contributed by atoms with Crippen LogP contribution in [-0.4, -0.2) is 11.0 Å². The van der Waals surface area contributed by atoms with Gasteiger partial charge in [-0.1, -0.05) is 35.8 Å². The van der Waals surface area contributed by atoms with Crippen molar-refractivity contribution in [1.82, 2.24) is 0 Å². The zero-order chi connectivity index (χ0) is 9.84. The summed E-state index contributed by atoms with van der Waals surface area (Å²) in [5.74, 6) is -0.212. The second-order valence-corrected chi connectivity index (χ2v) is 2.95. The quantitative estimate of drug-likeness (QED) is 0.252. The first-order chi connectivity index (χ1) is 6.20. The summed E-state index contributed by atoms with van der Waals surface area (Å²) in [5, 5.41) is 11.9. The highest BCUT2D eigenvalue weighted by Gasteiger charge is 2.12. The van der Waals surface area contributed by atoms with Gasteiger partial charge in [0.2, 0.25) is 0 Å². The first-order valence-corrected chi connectivity index (χ1v) is 4.00. The summed E-state index contributed by atoms with van der Waals surface area (Å²) >= 11 is 11.5. The fourth-order valence-electron chi connectivity index (χ4n) is 0.840. The summed E-state index contributed by atoms with van der Waals surface area (Å²) in [5.41, 5.74) is 0.253. The predicted octanol–water partition coefficient (Wildman–Crippen LogP) is 3.05. The van der Waals surface area contributed by atoms with Gasteiger partial charge in [0.25, 0.3) is 0 Å². The van der Waals surface area contributed by atoms with Gasteiger partial charge in [-0.2, -0.15) is 0 Å². The van der Waals surface area contributed by atoms with Gasteiger partial charge in [0.05, 0.1) is 5.16 Å². The Hall–Kier alpha value is -1.24. The van der Waals surface area contributed by atoms with E-state index in [-0.39, 0.29) is 21.4 Å². The molecular formula is C8H4Cl2N2O. The van der Waals surface area contributed by atoms with Crippen LogP contribution in [0, 0.1) is 6.57 Å². The van der Waals surface area contributed by atoms with E-state index in [0.29, 0.717) is 0 Å². The highest BCUT2D eigenvalue weighted by atomic mass is 35.5. The van der Waals surface area contributed by atoms with E-state index >= 15 is 0 Å². The summed E-state index contributed by atoms with van der Waals surface area (Å²) in [6.45, 7) is 6.71. The standard InChI is InChI=1S/C8H4Cl2N2O/c1-11-8(12-13)7-5(9)3-2-4-6(7)10/h2-4,13H/b12-8-. The lowest BCUT2D eigenvalue weighted by molar-refractivity contribution is 0.320. The van der Waals surface area contributed by atoms with Gasteiger partial charge in [-0.15, -0.1) is 0 Å². The van der Waals surface area contributed by atoms with E-state index in [1.807, 2.05) is 0 Å². The van der Waals surface area contributed by atoms with Gasteiger partial charge >= 0.3 is 5.84 Å². The number of hydrogen-bond donors (Lipinski definition) is 1. The summed E-state index contributed by atoms with van der Waals surface area (Å²) in [7, 11) is 0. The molecule has 0 atom stereocenters. The van der Waals surface area contributed by atoms with Gasteiger partial charge < -0.3 is 10.1 Å². The van der Waals surface area contributed by atoms with Crippen LogP contribution in [0.4, 0.5) is 0 Å². The highest BCUT2D eigenvalue weighted by Crippen LogP contribution is 2.25. The van der Waals surface area contributed by atoms with Crippen molar-refractivity contribution in [3.8, 4) is 0 Å². The van der Waals surface area contributed by atoms with Gasteiger partial charge in [0, 0.05) is 15.6 Å². The lowest BCUT2D eigenvalue weighted by Gasteiger charge is -2.01. The average molecular weight is 215 g/mol. The molecule has 0 unspecified atom stereocenters. The van der Waals surface area contributed by atoms with Crippen LogP contribution in [-0.2, 0) is 0 Å². The van der Waals surface area contributed by atoms with Crippen molar-refractivity contribution in [2.75, 3.05) is 0 Å². The number of halogens is 2. The largest absolute Gasteiger partial charge is 0.357 e. The summed E-state index contributed by atoms with van der Waals surface area (Å²) in [4.78, 5) is 2.98. The minimum Gasteiger partial charge on any atom is -0.357 e. The Morgan fingerprint density at radius 1 is 1.38 bits per heavy atom. The molecule has 0 radical (unpaired) electrons. The van der Waals surface area contributed by atoms with Crippen LogP contribution in [0.2, 0.25) is 10.0 Å². The van der Waals surface area contributed by atoms with E-state index in [0.717, 1.165) is 0 Å². The molecule has 3 nitrogen and oxygen atoms in total. The Labute approximate surface area is 85.0 Å². The summed E-state index contributed by atoms with van der Waals surface area (Å²) in [6.07, 6.45) is 0. The molecule has 1 aromatic rings. The third-order valence-electron chi connectivity index (χ3n) is 1.39. The fraction of sp³-hybridized carbons (Fsp3) is 0. The molecule has 0 amide bonds. The number of amidine groups is 1. The van der Waals surface area contributed by atoms with E-state index in [1.165, 1.54) is 0 Å². The minimum atomic E-state index is -0.212. The molecular weight excluding hydrogens is 211 g/mol. The van der Waals surface area contributed by atoms with Crippen molar-refractivity contribution in [1.29, 1.82) is 0 Å². The molecule has 1 rings (SSSR count). The second-order valence-electron chi connectivity index (χ2n) is 2.13. The molecule has 1 aromatic carbocycles. The van der Waals surface area contributed by atoms with Crippen molar-refractivity contribution in [3.63, 3.8) is 0 Å². The third-order valence-corrected chi connectivity index (χ3v) is 2.02. The third kappa shape index (κ3) is 1.92. The maximum absolute atomic E-state index is 8.49. The first-order valence-electron chi connectivity index (χ1n) is 3.24. The molecule has 0 aliphatic carbocycles. The fourth-order valence-corrected chi connectivity index (χ4v) is 1.41. The maximum Gasteiger partial charge on any atom is 0.324 e. The van der Waals surface area contributed by atoms with Crippen molar-refractivity contribution < 1.29 is 5.21 Å². The minimum absolute atomic E-state index is 0.212. The molecule has 5 heteroatoms. The SMILES string of the molecule is [C-]#[N+]/C(=N\O)c1c(Cl)cccc1Cl. The Balaban J connectivity index is 3.38. The van der Waals surface area contributed by atoms with Crippen LogP contribution in [0.1, 0.15) is 5.56 Å². The average Bonchev–Trinajstić information content (AvgIpc) is 2.11. The Bertz CT molecular complexity index is 375. The van der Waals surface area contributed by atoms with Crippen LogP contribution in [0.5, 0.6) is 0 Å². The molecule has 0 aliphatic rings. The molecule has 0 saturated carbocycles. The first kappa shape index (κ1) is 9.85. The highest BCUT2D eigenvalue weighted by molar-refractivity contribution is 6.40. The number of hydrogen-bond acceptors (Lipinski definition) is 2. The normalized spacial score (nSPS) is 11.0. The maximum atomic E-state index is 8.49. The van der Waals surface area contributed by atoms with E-state index in [9.17, 15) is 0 Å². The monoisotopic (exact) mass is 214 g/mol. The zero-order valence-electron chi connectivity index (χ0n) is 6.33. The number of nitrogens with zero attached hydrogens (tertiary/aromatic N) is 2. The molecule has 0 fully saturated rings. The zero-order valence-corrected chi connectivity index (χ0v) is 7.84. The van der Waals surface area contributed by atoms with E-state index in [4.69, 9.17) is 35.0 Å². The number of oxime groups is 1. The molecule has 66 valence electrons. The van der Waals surface area contributed by atoms with Gasteiger partial charge in [0.1, 0.15) is 0 Å². The van der Waals surface area contributed by atoms with Gasteiger partial charge in [-0.25, -0.2) is 0 Å². The lowest BCUT2D eigenvalue weighted by atomic mass is 10.2. The summed E-state index contributed by atoms with van der Waals surface area (Å²) < 4.78 is 0. The van der Waals surface area contributed by atoms with Gasteiger partial charge in [0.15, 0.2) is 0 Å². The van der Waals surface area contributed by atoms with E-state index < -0.39 is 0 Å². The van der Waals surface area contributed by atoms with Gasteiger partial charge in [-0.3, -0.25) is 0 Å². The number of rotatable bonds is 1. The van der Waals surface area contributed by atoms with Crippen LogP contribution in [0.3, 0.4) is 0 Å². The van der Waals surface area contributed by atoms with E-state index in [2.05, 4.69) is 10.0 Å². The van der Waals surface area contributed by atoms with Crippen LogP contribution < -0.4 is 0 Å². The van der Waals surface area contributed by atoms with Crippen molar-refractivity contribution >= 4 is 29.0 Å². The molecule has 0 saturated heterocycles. The predicted molar refractivity (Wildman–Crippen MR) is 51.4 cm³/mol. The Kier molecular flexibility index (Phi) is 3.13. The van der Waals surface area contributed by atoms with Crippen LogP contribution >= 0.6 is 23.2 Å². The van der Waals surface area contributed by atoms with Gasteiger partial charge in [-0.05, 0) is 12.1 Å².